The second kappa shape index (κ2) is 3.48. The van der Waals surface area contributed by atoms with Gasteiger partial charge in [-0.05, 0) is 31.6 Å². The standard InChI is InChI=1S/C12H21NO2/c1-8(2)10-6-13(7-10)11(14)9-4-12(3,15)5-9/h8-10,15H,4-7H2,1-3H3. The molecule has 0 atom stereocenters. The van der Waals surface area contributed by atoms with Crippen LogP contribution in [0, 0.1) is 17.8 Å². The molecular weight excluding hydrogens is 190 g/mol. The van der Waals surface area contributed by atoms with Crippen molar-refractivity contribution >= 4 is 5.91 Å². The third-order valence-corrected chi connectivity index (χ3v) is 3.89. The van der Waals surface area contributed by atoms with E-state index in [4.69, 9.17) is 0 Å². The molecule has 1 saturated heterocycles. The average molecular weight is 211 g/mol. The van der Waals surface area contributed by atoms with Gasteiger partial charge in [-0.15, -0.1) is 0 Å². The molecule has 1 amide bonds. The van der Waals surface area contributed by atoms with Crippen molar-refractivity contribution in [1.29, 1.82) is 0 Å². The molecule has 1 N–H and O–H groups in total. The number of hydrogen-bond acceptors (Lipinski definition) is 2. The molecule has 3 nitrogen and oxygen atoms in total. The molecule has 0 radical (unpaired) electrons. The van der Waals surface area contributed by atoms with Crippen LogP contribution in [-0.4, -0.2) is 34.6 Å². The van der Waals surface area contributed by atoms with Crippen LogP contribution in [0.2, 0.25) is 0 Å². The van der Waals surface area contributed by atoms with E-state index in [0.29, 0.717) is 24.7 Å². The van der Waals surface area contributed by atoms with Gasteiger partial charge in [-0.25, -0.2) is 0 Å². The van der Waals surface area contributed by atoms with Crippen LogP contribution < -0.4 is 0 Å². The van der Waals surface area contributed by atoms with E-state index < -0.39 is 5.60 Å². The predicted octanol–water partition coefficient (Wildman–Crippen LogP) is 1.26. The molecule has 0 aromatic carbocycles. The quantitative estimate of drug-likeness (QED) is 0.747. The highest BCUT2D eigenvalue weighted by Gasteiger charge is 2.46. The van der Waals surface area contributed by atoms with E-state index in [0.717, 1.165) is 13.1 Å². The van der Waals surface area contributed by atoms with Crippen LogP contribution in [0.3, 0.4) is 0 Å². The molecule has 1 heterocycles. The lowest BCUT2D eigenvalue weighted by Crippen LogP contribution is -2.57. The number of amides is 1. The Kier molecular flexibility index (Phi) is 2.53. The van der Waals surface area contributed by atoms with Gasteiger partial charge in [-0.1, -0.05) is 13.8 Å². The van der Waals surface area contributed by atoms with Gasteiger partial charge in [0.25, 0.3) is 0 Å². The zero-order valence-electron chi connectivity index (χ0n) is 9.86. The molecule has 2 rings (SSSR count). The first kappa shape index (κ1) is 10.9. The Bertz CT molecular complexity index is 259. The largest absolute Gasteiger partial charge is 0.390 e. The second-order valence-electron chi connectivity index (χ2n) is 5.85. The number of carbonyl (C=O) groups excluding carboxylic acids is 1. The van der Waals surface area contributed by atoms with Crippen LogP contribution in [0.5, 0.6) is 0 Å². The van der Waals surface area contributed by atoms with Crippen molar-refractivity contribution in [2.45, 2.75) is 39.2 Å². The summed E-state index contributed by atoms with van der Waals surface area (Å²) in [7, 11) is 0. The normalized spacial score (nSPS) is 36.3. The summed E-state index contributed by atoms with van der Waals surface area (Å²) in [5.74, 6) is 1.72. The summed E-state index contributed by atoms with van der Waals surface area (Å²) in [4.78, 5) is 13.8. The Hall–Kier alpha value is -0.570. The Morgan fingerprint density at radius 1 is 1.40 bits per heavy atom. The highest BCUT2D eigenvalue weighted by molar-refractivity contribution is 5.80. The number of carbonyl (C=O) groups is 1. The van der Waals surface area contributed by atoms with Crippen molar-refractivity contribution in [3.63, 3.8) is 0 Å². The van der Waals surface area contributed by atoms with E-state index in [-0.39, 0.29) is 11.8 Å². The van der Waals surface area contributed by atoms with Crippen LogP contribution in [-0.2, 0) is 4.79 Å². The first-order valence-electron chi connectivity index (χ1n) is 5.90. The maximum atomic E-state index is 11.9. The molecule has 15 heavy (non-hydrogen) atoms. The molecule has 1 aliphatic carbocycles. The number of rotatable bonds is 2. The lowest BCUT2D eigenvalue weighted by molar-refractivity contribution is -0.156. The molecule has 2 aliphatic rings. The van der Waals surface area contributed by atoms with Crippen molar-refractivity contribution in [1.82, 2.24) is 4.90 Å². The van der Waals surface area contributed by atoms with E-state index in [2.05, 4.69) is 13.8 Å². The van der Waals surface area contributed by atoms with E-state index in [1.807, 2.05) is 11.8 Å². The van der Waals surface area contributed by atoms with Gasteiger partial charge in [-0.2, -0.15) is 0 Å². The zero-order chi connectivity index (χ0) is 11.2. The summed E-state index contributed by atoms with van der Waals surface area (Å²) in [5.41, 5.74) is -0.581. The predicted molar refractivity (Wildman–Crippen MR) is 58.3 cm³/mol. The van der Waals surface area contributed by atoms with Gasteiger partial charge in [-0.3, -0.25) is 4.79 Å². The summed E-state index contributed by atoms with van der Waals surface area (Å²) in [6.07, 6.45) is 1.29. The van der Waals surface area contributed by atoms with E-state index in [9.17, 15) is 9.90 Å². The van der Waals surface area contributed by atoms with E-state index >= 15 is 0 Å². The third-order valence-electron chi connectivity index (χ3n) is 3.89. The van der Waals surface area contributed by atoms with Crippen molar-refractivity contribution in [3.8, 4) is 0 Å². The molecule has 0 aromatic rings. The highest BCUT2D eigenvalue weighted by atomic mass is 16.3. The summed E-state index contributed by atoms with van der Waals surface area (Å²) >= 11 is 0. The van der Waals surface area contributed by atoms with Gasteiger partial charge >= 0.3 is 0 Å². The Balaban J connectivity index is 1.76. The molecular formula is C12H21NO2. The summed E-state index contributed by atoms with van der Waals surface area (Å²) < 4.78 is 0. The van der Waals surface area contributed by atoms with Crippen molar-refractivity contribution < 1.29 is 9.90 Å². The fourth-order valence-electron chi connectivity index (χ4n) is 2.55. The smallest absolute Gasteiger partial charge is 0.225 e. The van der Waals surface area contributed by atoms with Gasteiger partial charge < -0.3 is 10.0 Å². The molecule has 86 valence electrons. The SMILES string of the molecule is CC(C)C1CN(C(=O)C2CC(C)(O)C2)C1. The van der Waals surface area contributed by atoms with Crippen LogP contribution >= 0.6 is 0 Å². The van der Waals surface area contributed by atoms with Gasteiger partial charge in [0.1, 0.15) is 0 Å². The molecule has 1 aliphatic heterocycles. The van der Waals surface area contributed by atoms with Crippen LogP contribution in [0.1, 0.15) is 33.6 Å². The van der Waals surface area contributed by atoms with Crippen LogP contribution in [0.15, 0.2) is 0 Å². The highest BCUT2D eigenvalue weighted by Crippen LogP contribution is 2.39. The lowest BCUT2D eigenvalue weighted by Gasteiger charge is -2.47. The van der Waals surface area contributed by atoms with Crippen molar-refractivity contribution in [3.05, 3.63) is 0 Å². The van der Waals surface area contributed by atoms with Crippen molar-refractivity contribution in [2.24, 2.45) is 17.8 Å². The molecule has 1 saturated carbocycles. The summed E-state index contributed by atoms with van der Waals surface area (Å²) in [5, 5.41) is 9.57. The number of hydrogen-bond donors (Lipinski definition) is 1. The van der Waals surface area contributed by atoms with Gasteiger partial charge in [0.15, 0.2) is 0 Å². The molecule has 0 aromatic heterocycles. The maximum Gasteiger partial charge on any atom is 0.225 e. The zero-order valence-corrected chi connectivity index (χ0v) is 9.86. The summed E-state index contributed by atoms with van der Waals surface area (Å²) in [6.45, 7) is 8.08. The Morgan fingerprint density at radius 2 is 1.93 bits per heavy atom. The number of aliphatic hydroxyl groups is 1. The topological polar surface area (TPSA) is 40.5 Å². The second-order valence-corrected chi connectivity index (χ2v) is 5.85. The van der Waals surface area contributed by atoms with E-state index in [1.165, 1.54) is 0 Å². The number of likely N-dealkylation sites (tertiary alicyclic amines) is 1. The summed E-state index contributed by atoms with van der Waals surface area (Å²) in [6, 6.07) is 0. The lowest BCUT2D eigenvalue weighted by atomic mass is 9.71. The molecule has 0 unspecified atom stereocenters. The van der Waals surface area contributed by atoms with Gasteiger partial charge in [0.2, 0.25) is 5.91 Å². The van der Waals surface area contributed by atoms with Crippen LogP contribution in [0.4, 0.5) is 0 Å². The molecule has 0 bridgehead atoms. The maximum absolute atomic E-state index is 11.9. The van der Waals surface area contributed by atoms with E-state index in [1.54, 1.807) is 0 Å². The van der Waals surface area contributed by atoms with Crippen molar-refractivity contribution in [2.75, 3.05) is 13.1 Å². The Labute approximate surface area is 91.5 Å². The fraction of sp³-hybridized carbons (Fsp3) is 0.917. The minimum Gasteiger partial charge on any atom is -0.390 e. The Morgan fingerprint density at radius 3 is 2.33 bits per heavy atom. The third kappa shape index (κ3) is 2.03. The van der Waals surface area contributed by atoms with Crippen LogP contribution in [0.25, 0.3) is 0 Å². The first-order chi connectivity index (χ1) is 6.89. The van der Waals surface area contributed by atoms with Gasteiger partial charge in [0, 0.05) is 19.0 Å². The molecule has 2 fully saturated rings. The minimum absolute atomic E-state index is 0.0908. The number of nitrogens with zero attached hydrogens (tertiary/aromatic N) is 1. The molecule has 3 heteroatoms. The molecule has 0 spiro atoms. The monoisotopic (exact) mass is 211 g/mol. The fourth-order valence-corrected chi connectivity index (χ4v) is 2.55. The van der Waals surface area contributed by atoms with Gasteiger partial charge in [0.05, 0.1) is 5.60 Å². The first-order valence-corrected chi connectivity index (χ1v) is 5.90. The minimum atomic E-state index is -0.581. The average Bonchev–Trinajstić information content (AvgIpc) is 1.95.